The number of carboxylic acids is 1. The van der Waals surface area contributed by atoms with Gasteiger partial charge in [0.25, 0.3) is 0 Å². The Bertz CT molecular complexity index is 627. The molecule has 20 heavy (non-hydrogen) atoms. The normalized spacial score (nSPS) is 22.6. The molecule has 7 heteroatoms. The molecule has 1 fully saturated rings. The van der Waals surface area contributed by atoms with Gasteiger partial charge in [0.05, 0.1) is 17.4 Å². The van der Waals surface area contributed by atoms with Crippen LogP contribution in [0.3, 0.4) is 0 Å². The van der Waals surface area contributed by atoms with E-state index in [4.69, 9.17) is 0 Å². The number of aliphatic carboxylic acids is 1. The number of sulfone groups is 1. The number of benzene rings is 1. The summed E-state index contributed by atoms with van der Waals surface area (Å²) in [6.07, 6.45) is 0.129. The van der Waals surface area contributed by atoms with Gasteiger partial charge in [-0.25, -0.2) is 17.2 Å². The van der Waals surface area contributed by atoms with E-state index in [0.29, 0.717) is 6.07 Å². The number of carbonyl (C=O) groups is 1. The second-order valence-corrected chi connectivity index (χ2v) is 7.28. The smallest absolute Gasteiger partial charge is 0.307 e. The molecule has 0 radical (unpaired) electrons. The number of carboxylic acid groups (broad SMARTS) is 1. The Kier molecular flexibility index (Phi) is 4.08. The first-order chi connectivity index (χ1) is 9.28. The molecular weight excluding hydrogens is 290 g/mol. The molecule has 0 bridgehead atoms. The van der Waals surface area contributed by atoms with Crippen LogP contribution >= 0.6 is 0 Å². The third-order valence-electron chi connectivity index (χ3n) is 3.61. The first-order valence-electron chi connectivity index (χ1n) is 6.15. The molecule has 110 valence electrons. The van der Waals surface area contributed by atoms with Gasteiger partial charge in [0.15, 0.2) is 9.84 Å². The van der Waals surface area contributed by atoms with Crippen molar-refractivity contribution in [1.82, 2.24) is 0 Å². The number of hydrogen-bond donors (Lipinski definition) is 1. The highest BCUT2D eigenvalue weighted by Crippen LogP contribution is 2.29. The lowest BCUT2D eigenvalue weighted by Crippen LogP contribution is -2.27. The van der Waals surface area contributed by atoms with E-state index in [2.05, 4.69) is 0 Å². The van der Waals surface area contributed by atoms with Crippen molar-refractivity contribution in [3.05, 3.63) is 35.4 Å². The van der Waals surface area contributed by atoms with Crippen LogP contribution in [0.4, 0.5) is 8.78 Å². The minimum absolute atomic E-state index is 0.0344. The molecule has 1 aromatic rings. The Morgan fingerprint density at radius 3 is 2.60 bits per heavy atom. The Morgan fingerprint density at radius 1 is 1.40 bits per heavy atom. The van der Waals surface area contributed by atoms with Crippen molar-refractivity contribution < 1.29 is 27.1 Å². The Balaban J connectivity index is 2.20. The van der Waals surface area contributed by atoms with E-state index in [0.717, 1.165) is 6.07 Å². The van der Waals surface area contributed by atoms with Gasteiger partial charge in [-0.3, -0.25) is 4.79 Å². The highest BCUT2D eigenvalue weighted by molar-refractivity contribution is 7.91. The Labute approximate surface area is 115 Å². The zero-order chi connectivity index (χ0) is 14.9. The van der Waals surface area contributed by atoms with Gasteiger partial charge < -0.3 is 5.11 Å². The lowest BCUT2D eigenvalue weighted by Gasteiger charge is -2.18. The lowest BCUT2D eigenvalue weighted by molar-refractivity contribution is -0.143. The van der Waals surface area contributed by atoms with E-state index in [1.54, 1.807) is 0 Å². The maximum absolute atomic E-state index is 13.6. The number of rotatable bonds is 4. The highest BCUT2D eigenvalue weighted by Gasteiger charge is 2.37. The summed E-state index contributed by atoms with van der Waals surface area (Å²) in [7, 11) is -3.20. The fraction of sp³-hybridized carbons (Fsp3) is 0.462. The van der Waals surface area contributed by atoms with Crippen molar-refractivity contribution in [2.75, 3.05) is 11.5 Å². The van der Waals surface area contributed by atoms with E-state index in [1.165, 1.54) is 6.07 Å². The van der Waals surface area contributed by atoms with Crippen molar-refractivity contribution in [2.45, 2.75) is 12.8 Å². The van der Waals surface area contributed by atoms with Crippen LogP contribution in [0.2, 0.25) is 0 Å². The molecule has 0 amide bonds. The third-order valence-corrected chi connectivity index (χ3v) is 5.40. The van der Waals surface area contributed by atoms with Crippen LogP contribution in [0.5, 0.6) is 0 Å². The molecule has 1 heterocycles. The van der Waals surface area contributed by atoms with Gasteiger partial charge in [0.2, 0.25) is 0 Å². The van der Waals surface area contributed by atoms with Gasteiger partial charge in [-0.05, 0) is 30.4 Å². The predicted octanol–water partition coefficient (Wildman–Crippen LogP) is 1.64. The van der Waals surface area contributed by atoms with E-state index < -0.39 is 39.3 Å². The molecule has 1 N–H and O–H groups in total. The fourth-order valence-corrected chi connectivity index (χ4v) is 4.40. The van der Waals surface area contributed by atoms with Crippen LogP contribution in [0.25, 0.3) is 0 Å². The molecule has 1 saturated heterocycles. The van der Waals surface area contributed by atoms with Crippen molar-refractivity contribution in [3.8, 4) is 0 Å². The molecule has 0 saturated carbocycles. The molecule has 1 aliphatic heterocycles. The molecule has 4 nitrogen and oxygen atoms in total. The van der Waals surface area contributed by atoms with Crippen molar-refractivity contribution in [1.29, 1.82) is 0 Å². The first kappa shape index (κ1) is 14.9. The first-order valence-corrected chi connectivity index (χ1v) is 7.98. The molecule has 1 aromatic carbocycles. The average Bonchev–Trinajstić information content (AvgIpc) is 2.68. The van der Waals surface area contributed by atoms with Crippen molar-refractivity contribution in [3.63, 3.8) is 0 Å². The topological polar surface area (TPSA) is 71.4 Å². The second kappa shape index (κ2) is 5.47. The Morgan fingerprint density at radius 2 is 2.10 bits per heavy atom. The third kappa shape index (κ3) is 3.33. The zero-order valence-electron chi connectivity index (χ0n) is 10.6. The highest BCUT2D eigenvalue weighted by atomic mass is 32.2. The number of halogens is 2. The fourth-order valence-electron chi connectivity index (χ4n) is 2.52. The van der Waals surface area contributed by atoms with Gasteiger partial charge in [0, 0.05) is 6.07 Å². The summed E-state index contributed by atoms with van der Waals surface area (Å²) in [4.78, 5) is 11.3. The van der Waals surface area contributed by atoms with Crippen LogP contribution in [-0.2, 0) is 21.1 Å². The number of hydrogen-bond acceptors (Lipinski definition) is 3. The predicted molar refractivity (Wildman–Crippen MR) is 67.9 cm³/mol. The molecule has 2 atom stereocenters. The lowest BCUT2D eigenvalue weighted by atomic mass is 9.86. The maximum atomic E-state index is 13.6. The average molecular weight is 304 g/mol. The summed E-state index contributed by atoms with van der Waals surface area (Å²) >= 11 is 0. The van der Waals surface area contributed by atoms with Gasteiger partial charge in [0.1, 0.15) is 11.6 Å². The van der Waals surface area contributed by atoms with Crippen molar-refractivity contribution >= 4 is 15.8 Å². The Hall–Kier alpha value is -1.50. The van der Waals surface area contributed by atoms with E-state index in [-0.39, 0.29) is 29.9 Å². The van der Waals surface area contributed by atoms with Gasteiger partial charge in [-0.15, -0.1) is 0 Å². The molecule has 0 aliphatic carbocycles. The summed E-state index contributed by atoms with van der Waals surface area (Å²) in [5.74, 6) is -4.43. The van der Waals surface area contributed by atoms with Crippen LogP contribution in [0, 0.1) is 23.5 Å². The SMILES string of the molecule is O=C(O)C(Cc1ccc(F)cc1F)C1CCS(=O)(=O)C1. The van der Waals surface area contributed by atoms with Crippen LogP contribution < -0.4 is 0 Å². The largest absolute Gasteiger partial charge is 0.481 e. The molecule has 1 aliphatic rings. The summed E-state index contributed by atoms with van der Waals surface area (Å²) in [5.41, 5.74) is 0.0862. The quantitative estimate of drug-likeness (QED) is 0.918. The molecule has 2 rings (SSSR count). The minimum Gasteiger partial charge on any atom is -0.481 e. The van der Waals surface area contributed by atoms with E-state index >= 15 is 0 Å². The molecule has 0 spiro atoms. The summed E-state index contributed by atoms with van der Waals surface area (Å²) in [6, 6.07) is 2.95. The summed E-state index contributed by atoms with van der Waals surface area (Å²) in [6.45, 7) is 0. The van der Waals surface area contributed by atoms with Crippen LogP contribution in [0.15, 0.2) is 18.2 Å². The summed E-state index contributed by atoms with van der Waals surface area (Å²) in [5, 5.41) is 9.22. The van der Waals surface area contributed by atoms with Gasteiger partial charge in [-0.1, -0.05) is 6.07 Å². The summed E-state index contributed by atoms with van der Waals surface area (Å²) < 4.78 is 49.2. The molecule has 2 unspecified atom stereocenters. The van der Waals surface area contributed by atoms with E-state index in [9.17, 15) is 27.1 Å². The maximum Gasteiger partial charge on any atom is 0.307 e. The monoisotopic (exact) mass is 304 g/mol. The van der Waals surface area contributed by atoms with Crippen LogP contribution in [0.1, 0.15) is 12.0 Å². The van der Waals surface area contributed by atoms with Crippen molar-refractivity contribution in [2.24, 2.45) is 11.8 Å². The minimum atomic E-state index is -3.20. The molecular formula is C13H14F2O4S. The van der Waals surface area contributed by atoms with Crippen LogP contribution in [-0.4, -0.2) is 31.0 Å². The standard InChI is InChI=1S/C13H14F2O4S/c14-10-2-1-8(12(15)6-10)5-11(13(16)17)9-3-4-20(18,19)7-9/h1-2,6,9,11H,3-5,7H2,(H,16,17). The van der Waals surface area contributed by atoms with Gasteiger partial charge >= 0.3 is 5.97 Å². The molecule has 0 aromatic heterocycles. The van der Waals surface area contributed by atoms with Gasteiger partial charge in [-0.2, -0.15) is 0 Å². The zero-order valence-corrected chi connectivity index (χ0v) is 11.4. The van der Waals surface area contributed by atoms with E-state index in [1.807, 2.05) is 0 Å². The second-order valence-electron chi connectivity index (χ2n) is 5.05.